The summed E-state index contributed by atoms with van der Waals surface area (Å²) >= 11 is 5.94. The number of amides is 2. The van der Waals surface area contributed by atoms with E-state index in [2.05, 4.69) is 0 Å². The van der Waals surface area contributed by atoms with E-state index in [9.17, 15) is 9.59 Å². The monoisotopic (exact) mass is 295 g/mol. The Labute approximate surface area is 122 Å². The van der Waals surface area contributed by atoms with Crippen LogP contribution in [0.5, 0.6) is 0 Å². The highest BCUT2D eigenvalue weighted by atomic mass is 35.5. The number of hydrogen-bond donors (Lipinski definition) is 2. The number of nitrogens with two attached hydrogens (primary N) is 2. The van der Waals surface area contributed by atoms with Gasteiger partial charge in [0.05, 0.1) is 16.6 Å². The molecule has 1 heterocycles. The average Bonchev–Trinajstić information content (AvgIpc) is 2.41. The zero-order valence-corrected chi connectivity index (χ0v) is 12.1. The van der Waals surface area contributed by atoms with Crippen molar-refractivity contribution in [2.75, 3.05) is 12.3 Å². The van der Waals surface area contributed by atoms with Crippen molar-refractivity contribution in [3.8, 4) is 0 Å². The van der Waals surface area contributed by atoms with Crippen LogP contribution in [0.25, 0.3) is 0 Å². The highest BCUT2D eigenvalue weighted by Gasteiger charge is 2.32. The predicted octanol–water partition coefficient (Wildman–Crippen LogP) is 1.65. The number of primary amides is 1. The molecule has 2 amide bonds. The summed E-state index contributed by atoms with van der Waals surface area (Å²) in [5, 5.41) is 0.354. The number of nitrogen functional groups attached to an aromatic ring is 1. The number of piperidine rings is 1. The van der Waals surface area contributed by atoms with E-state index in [1.807, 2.05) is 6.92 Å². The summed E-state index contributed by atoms with van der Waals surface area (Å²) in [5.74, 6) is -0.783. The van der Waals surface area contributed by atoms with Crippen LogP contribution < -0.4 is 11.5 Å². The highest BCUT2D eigenvalue weighted by molar-refractivity contribution is 6.33. The van der Waals surface area contributed by atoms with E-state index in [1.54, 1.807) is 23.1 Å². The molecule has 1 saturated heterocycles. The van der Waals surface area contributed by atoms with Gasteiger partial charge in [-0.05, 0) is 38.0 Å². The summed E-state index contributed by atoms with van der Waals surface area (Å²) in [7, 11) is 0. The van der Waals surface area contributed by atoms with Crippen LogP contribution in [0.15, 0.2) is 18.2 Å². The van der Waals surface area contributed by atoms with Gasteiger partial charge in [0.1, 0.15) is 0 Å². The van der Waals surface area contributed by atoms with Crippen LogP contribution in [-0.4, -0.2) is 29.3 Å². The molecule has 108 valence electrons. The third-order valence-electron chi connectivity index (χ3n) is 3.79. The van der Waals surface area contributed by atoms with Crippen molar-refractivity contribution in [3.63, 3.8) is 0 Å². The Kier molecular flexibility index (Phi) is 4.18. The van der Waals surface area contributed by atoms with Gasteiger partial charge in [-0.25, -0.2) is 0 Å². The molecule has 1 aromatic carbocycles. The van der Waals surface area contributed by atoms with Gasteiger partial charge in [0, 0.05) is 18.2 Å². The van der Waals surface area contributed by atoms with Crippen molar-refractivity contribution < 1.29 is 9.59 Å². The standard InChI is InChI=1S/C14H18ClN3O2/c1-8-2-3-10(13(17)19)7-18(8)14(20)9-4-5-12(16)11(15)6-9/h4-6,8,10H,2-3,7,16H2,1H3,(H2,17,19). The summed E-state index contributed by atoms with van der Waals surface area (Å²) in [4.78, 5) is 25.5. The molecule has 1 aliphatic heterocycles. The molecule has 1 fully saturated rings. The molecule has 4 N–H and O–H groups in total. The first-order valence-electron chi connectivity index (χ1n) is 6.55. The van der Waals surface area contributed by atoms with Crippen LogP contribution in [0, 0.1) is 5.92 Å². The lowest BCUT2D eigenvalue weighted by molar-refractivity contribution is -0.123. The van der Waals surface area contributed by atoms with Gasteiger partial charge in [0.25, 0.3) is 5.91 Å². The summed E-state index contributed by atoms with van der Waals surface area (Å²) in [6, 6.07) is 4.88. The number of carbonyl (C=O) groups excluding carboxylic acids is 2. The summed E-state index contributed by atoms with van der Waals surface area (Å²) in [6.07, 6.45) is 1.49. The number of rotatable bonds is 2. The fraction of sp³-hybridized carbons (Fsp3) is 0.429. The minimum atomic E-state index is -0.356. The zero-order valence-electron chi connectivity index (χ0n) is 11.3. The molecule has 0 radical (unpaired) electrons. The van der Waals surface area contributed by atoms with Crippen LogP contribution >= 0.6 is 11.6 Å². The fourth-order valence-electron chi connectivity index (χ4n) is 2.45. The van der Waals surface area contributed by atoms with E-state index in [0.29, 0.717) is 22.8 Å². The first-order valence-corrected chi connectivity index (χ1v) is 6.93. The van der Waals surface area contributed by atoms with Gasteiger partial charge in [-0.2, -0.15) is 0 Å². The lowest BCUT2D eigenvalue weighted by Gasteiger charge is -2.37. The molecule has 0 aliphatic carbocycles. The maximum Gasteiger partial charge on any atom is 0.254 e. The molecule has 2 rings (SSSR count). The first kappa shape index (κ1) is 14.7. The Morgan fingerprint density at radius 2 is 2.05 bits per heavy atom. The van der Waals surface area contributed by atoms with Crippen molar-refractivity contribution >= 4 is 29.1 Å². The van der Waals surface area contributed by atoms with Crippen molar-refractivity contribution in [3.05, 3.63) is 28.8 Å². The van der Waals surface area contributed by atoms with E-state index in [0.717, 1.165) is 12.8 Å². The van der Waals surface area contributed by atoms with E-state index >= 15 is 0 Å². The lowest BCUT2D eigenvalue weighted by Crippen LogP contribution is -2.48. The first-order chi connectivity index (χ1) is 9.40. The van der Waals surface area contributed by atoms with E-state index in [1.165, 1.54) is 0 Å². The molecule has 0 bridgehead atoms. The molecular formula is C14H18ClN3O2. The topological polar surface area (TPSA) is 89.4 Å². The Morgan fingerprint density at radius 1 is 1.35 bits per heavy atom. The van der Waals surface area contributed by atoms with Gasteiger partial charge >= 0.3 is 0 Å². The average molecular weight is 296 g/mol. The normalized spacial score (nSPS) is 22.6. The highest BCUT2D eigenvalue weighted by Crippen LogP contribution is 2.26. The third-order valence-corrected chi connectivity index (χ3v) is 4.12. The number of halogens is 1. The maximum atomic E-state index is 12.5. The summed E-state index contributed by atoms with van der Waals surface area (Å²) in [5.41, 5.74) is 11.9. The van der Waals surface area contributed by atoms with Gasteiger partial charge in [-0.15, -0.1) is 0 Å². The smallest absolute Gasteiger partial charge is 0.254 e. The summed E-state index contributed by atoms with van der Waals surface area (Å²) < 4.78 is 0. The van der Waals surface area contributed by atoms with Crippen molar-refractivity contribution in [1.29, 1.82) is 0 Å². The largest absolute Gasteiger partial charge is 0.398 e. The Morgan fingerprint density at radius 3 is 2.65 bits per heavy atom. The van der Waals surface area contributed by atoms with Crippen LogP contribution in [0.4, 0.5) is 5.69 Å². The number of carbonyl (C=O) groups is 2. The van der Waals surface area contributed by atoms with Gasteiger partial charge in [-0.1, -0.05) is 11.6 Å². The molecule has 0 aromatic heterocycles. The number of hydrogen-bond acceptors (Lipinski definition) is 3. The Balaban J connectivity index is 2.21. The molecule has 2 unspecified atom stereocenters. The summed E-state index contributed by atoms with van der Waals surface area (Å²) in [6.45, 7) is 2.32. The molecular weight excluding hydrogens is 278 g/mol. The molecule has 0 saturated carbocycles. The quantitative estimate of drug-likeness (QED) is 0.813. The second-order valence-corrected chi connectivity index (χ2v) is 5.63. The molecule has 5 nitrogen and oxygen atoms in total. The molecule has 1 aliphatic rings. The van der Waals surface area contributed by atoms with Gasteiger partial charge < -0.3 is 16.4 Å². The maximum absolute atomic E-state index is 12.5. The Hall–Kier alpha value is -1.75. The molecule has 20 heavy (non-hydrogen) atoms. The number of anilines is 1. The van der Waals surface area contributed by atoms with Crippen molar-refractivity contribution in [1.82, 2.24) is 4.90 Å². The van der Waals surface area contributed by atoms with Crippen LogP contribution in [0.2, 0.25) is 5.02 Å². The number of nitrogens with zero attached hydrogens (tertiary/aromatic N) is 1. The van der Waals surface area contributed by atoms with Gasteiger partial charge in [-0.3, -0.25) is 9.59 Å². The lowest BCUT2D eigenvalue weighted by atomic mass is 9.92. The molecule has 0 spiro atoms. The zero-order chi connectivity index (χ0) is 14.9. The van der Waals surface area contributed by atoms with Crippen molar-refractivity contribution in [2.45, 2.75) is 25.8 Å². The fourth-order valence-corrected chi connectivity index (χ4v) is 2.63. The third kappa shape index (κ3) is 2.88. The van der Waals surface area contributed by atoms with Crippen LogP contribution in [0.3, 0.4) is 0 Å². The second kappa shape index (κ2) is 5.71. The van der Waals surface area contributed by atoms with E-state index < -0.39 is 0 Å². The second-order valence-electron chi connectivity index (χ2n) is 5.22. The molecule has 1 aromatic rings. The van der Waals surface area contributed by atoms with Crippen LogP contribution in [0.1, 0.15) is 30.1 Å². The molecule has 2 atom stereocenters. The Bertz CT molecular complexity index is 547. The van der Waals surface area contributed by atoms with Crippen LogP contribution in [-0.2, 0) is 4.79 Å². The van der Waals surface area contributed by atoms with E-state index in [-0.39, 0.29) is 23.8 Å². The predicted molar refractivity (Wildman–Crippen MR) is 78.3 cm³/mol. The number of likely N-dealkylation sites (tertiary alicyclic amines) is 1. The van der Waals surface area contributed by atoms with E-state index in [4.69, 9.17) is 23.1 Å². The minimum Gasteiger partial charge on any atom is -0.398 e. The minimum absolute atomic E-state index is 0.0782. The molecule has 6 heteroatoms. The van der Waals surface area contributed by atoms with Gasteiger partial charge in [0.2, 0.25) is 5.91 Å². The SMILES string of the molecule is CC1CCC(C(N)=O)CN1C(=O)c1ccc(N)c(Cl)c1. The van der Waals surface area contributed by atoms with Gasteiger partial charge in [0.15, 0.2) is 0 Å². The van der Waals surface area contributed by atoms with Crippen molar-refractivity contribution in [2.24, 2.45) is 11.7 Å². The number of benzene rings is 1.